The van der Waals surface area contributed by atoms with Crippen LogP contribution in [0.2, 0.25) is 0 Å². The summed E-state index contributed by atoms with van der Waals surface area (Å²) in [5.74, 6) is 0. The summed E-state index contributed by atoms with van der Waals surface area (Å²) < 4.78 is 0. The van der Waals surface area contributed by atoms with Crippen LogP contribution >= 0.6 is 0 Å². The van der Waals surface area contributed by atoms with Crippen LogP contribution in [0.3, 0.4) is 0 Å². The fourth-order valence-corrected chi connectivity index (χ4v) is 0.197. The van der Waals surface area contributed by atoms with Crippen LogP contribution in [0.1, 0.15) is 20.8 Å². The van der Waals surface area contributed by atoms with Gasteiger partial charge in [-0.2, -0.15) is 0 Å². The number of hydrogen-bond acceptors (Lipinski definition) is 2. The molecule has 0 aromatic carbocycles. The summed E-state index contributed by atoms with van der Waals surface area (Å²) in [6, 6.07) is 0. The van der Waals surface area contributed by atoms with Gasteiger partial charge in [0.05, 0.1) is 5.71 Å². The van der Waals surface area contributed by atoms with Gasteiger partial charge in [0.1, 0.15) is 6.26 Å². The Morgan fingerprint density at radius 1 is 1.50 bits per heavy atom. The van der Waals surface area contributed by atoms with Gasteiger partial charge < -0.3 is 4.84 Å². The van der Waals surface area contributed by atoms with Crippen LogP contribution < -0.4 is 0 Å². The lowest BCUT2D eigenvalue weighted by molar-refractivity contribution is 0.267. The number of nitrogens with zero attached hydrogens (tertiary/aromatic N) is 1. The van der Waals surface area contributed by atoms with Crippen molar-refractivity contribution in [3.05, 3.63) is 12.3 Å². The molecule has 0 unspecified atom stereocenters. The zero-order valence-electron chi connectivity index (χ0n) is 5.51. The lowest BCUT2D eigenvalue weighted by atomic mass is 10.5. The number of oxime groups is 1. The summed E-state index contributed by atoms with van der Waals surface area (Å²) in [4.78, 5) is 4.65. The highest BCUT2D eigenvalue weighted by molar-refractivity contribution is 5.78. The van der Waals surface area contributed by atoms with E-state index >= 15 is 0 Å². The zero-order chi connectivity index (χ0) is 6.41. The Labute approximate surface area is 49.8 Å². The molecule has 2 nitrogen and oxygen atoms in total. The van der Waals surface area contributed by atoms with Crippen LogP contribution in [0.15, 0.2) is 17.5 Å². The Balaban J connectivity index is 3.30. The van der Waals surface area contributed by atoms with Crippen molar-refractivity contribution in [1.29, 1.82) is 0 Å². The summed E-state index contributed by atoms with van der Waals surface area (Å²) in [6.07, 6.45) is 3.32. The van der Waals surface area contributed by atoms with Gasteiger partial charge in [0, 0.05) is 0 Å². The average Bonchev–Trinajstić information content (AvgIpc) is 1.66. The summed E-state index contributed by atoms with van der Waals surface area (Å²) >= 11 is 0. The van der Waals surface area contributed by atoms with Gasteiger partial charge in [-0.3, -0.25) is 0 Å². The molecule has 0 saturated carbocycles. The molecule has 0 atom stereocenters. The van der Waals surface area contributed by atoms with Crippen molar-refractivity contribution in [3.8, 4) is 0 Å². The topological polar surface area (TPSA) is 21.6 Å². The van der Waals surface area contributed by atoms with Crippen LogP contribution in [-0.2, 0) is 4.84 Å². The first-order valence-electron chi connectivity index (χ1n) is 2.55. The molecular weight excluding hydrogens is 102 g/mol. The zero-order valence-corrected chi connectivity index (χ0v) is 5.51. The predicted octanol–water partition coefficient (Wildman–Crippen LogP) is 1.93. The van der Waals surface area contributed by atoms with Crippen molar-refractivity contribution >= 4 is 5.71 Å². The van der Waals surface area contributed by atoms with E-state index in [1.54, 1.807) is 6.08 Å². The summed E-state index contributed by atoms with van der Waals surface area (Å²) in [6.45, 7) is 5.63. The van der Waals surface area contributed by atoms with Crippen molar-refractivity contribution in [2.24, 2.45) is 5.16 Å². The van der Waals surface area contributed by atoms with E-state index < -0.39 is 0 Å². The Kier molecular flexibility index (Phi) is 3.94. The third kappa shape index (κ3) is 5.21. The number of hydrogen-bond donors (Lipinski definition) is 0. The minimum Gasteiger partial charge on any atom is -0.365 e. The van der Waals surface area contributed by atoms with Gasteiger partial charge in [-0.1, -0.05) is 5.16 Å². The third-order valence-electron chi connectivity index (χ3n) is 0.432. The van der Waals surface area contributed by atoms with Crippen LogP contribution in [0.5, 0.6) is 0 Å². The van der Waals surface area contributed by atoms with E-state index in [-0.39, 0.29) is 0 Å². The molecule has 0 aliphatic rings. The second-order valence-corrected chi connectivity index (χ2v) is 1.61. The molecule has 0 aromatic heterocycles. The van der Waals surface area contributed by atoms with Gasteiger partial charge in [0.25, 0.3) is 0 Å². The monoisotopic (exact) mass is 113 g/mol. The molecule has 0 bridgehead atoms. The van der Waals surface area contributed by atoms with E-state index in [1.165, 1.54) is 6.26 Å². The van der Waals surface area contributed by atoms with E-state index in [0.717, 1.165) is 5.71 Å². The molecule has 2 heteroatoms. The second-order valence-electron chi connectivity index (χ2n) is 1.61. The molecule has 0 heterocycles. The average molecular weight is 113 g/mol. The first-order chi connectivity index (χ1) is 3.77. The van der Waals surface area contributed by atoms with Crippen molar-refractivity contribution in [3.63, 3.8) is 0 Å². The minimum atomic E-state index is 0.920. The van der Waals surface area contributed by atoms with Crippen LogP contribution in [0.4, 0.5) is 0 Å². The lowest BCUT2D eigenvalue weighted by Crippen LogP contribution is -1.79. The molecule has 8 heavy (non-hydrogen) atoms. The molecule has 0 radical (unpaired) electrons. The molecule has 0 saturated heterocycles. The molecule has 0 fully saturated rings. The number of allylic oxidation sites excluding steroid dienone is 1. The minimum absolute atomic E-state index is 0.920. The fourth-order valence-electron chi connectivity index (χ4n) is 0.197. The fraction of sp³-hybridized carbons (Fsp3) is 0.500. The molecule has 0 amide bonds. The molecule has 0 aromatic rings. The van der Waals surface area contributed by atoms with E-state index in [4.69, 9.17) is 0 Å². The SMILES string of the molecule is CC=CON=C(C)C. The molecule has 0 aliphatic carbocycles. The standard InChI is InChI=1S/C6H11NO/c1-4-5-8-7-6(2)3/h4-5H,1-3H3. The maximum absolute atomic E-state index is 4.65. The van der Waals surface area contributed by atoms with Gasteiger partial charge in [-0.25, -0.2) is 0 Å². The third-order valence-corrected chi connectivity index (χ3v) is 0.432. The largest absolute Gasteiger partial charge is 0.365 e. The highest BCUT2D eigenvalue weighted by atomic mass is 16.6. The highest BCUT2D eigenvalue weighted by Gasteiger charge is 1.72. The highest BCUT2D eigenvalue weighted by Crippen LogP contribution is 1.79. The van der Waals surface area contributed by atoms with Crippen molar-refractivity contribution < 1.29 is 4.84 Å². The van der Waals surface area contributed by atoms with Gasteiger partial charge in [-0.15, -0.1) is 0 Å². The maximum atomic E-state index is 4.65. The van der Waals surface area contributed by atoms with Gasteiger partial charge in [-0.05, 0) is 26.8 Å². The summed E-state index contributed by atoms with van der Waals surface area (Å²) in [7, 11) is 0. The summed E-state index contributed by atoms with van der Waals surface area (Å²) in [5, 5.41) is 3.64. The predicted molar refractivity (Wildman–Crippen MR) is 34.7 cm³/mol. The number of rotatable bonds is 2. The molecule has 0 spiro atoms. The summed E-state index contributed by atoms with van der Waals surface area (Å²) in [5.41, 5.74) is 0.920. The van der Waals surface area contributed by atoms with Gasteiger partial charge >= 0.3 is 0 Å². The van der Waals surface area contributed by atoms with E-state index in [1.807, 2.05) is 20.8 Å². The van der Waals surface area contributed by atoms with Crippen molar-refractivity contribution in [1.82, 2.24) is 0 Å². The Hall–Kier alpha value is -0.790. The molecular formula is C6H11NO. The Morgan fingerprint density at radius 2 is 2.12 bits per heavy atom. The van der Waals surface area contributed by atoms with Gasteiger partial charge in [0.2, 0.25) is 0 Å². The Morgan fingerprint density at radius 3 is 2.50 bits per heavy atom. The second kappa shape index (κ2) is 4.37. The first-order valence-corrected chi connectivity index (χ1v) is 2.55. The smallest absolute Gasteiger partial charge is 0.117 e. The van der Waals surface area contributed by atoms with E-state index in [2.05, 4.69) is 9.99 Å². The van der Waals surface area contributed by atoms with Crippen LogP contribution in [0.25, 0.3) is 0 Å². The molecule has 0 N–H and O–H groups in total. The lowest BCUT2D eigenvalue weighted by Gasteiger charge is -1.86. The molecule has 0 aliphatic heterocycles. The van der Waals surface area contributed by atoms with Crippen LogP contribution in [0, 0.1) is 0 Å². The van der Waals surface area contributed by atoms with E-state index in [0.29, 0.717) is 0 Å². The van der Waals surface area contributed by atoms with E-state index in [9.17, 15) is 0 Å². The van der Waals surface area contributed by atoms with Gasteiger partial charge in [0.15, 0.2) is 0 Å². The first kappa shape index (κ1) is 7.21. The van der Waals surface area contributed by atoms with Crippen LogP contribution in [-0.4, -0.2) is 5.71 Å². The van der Waals surface area contributed by atoms with Crippen molar-refractivity contribution in [2.75, 3.05) is 0 Å². The quantitative estimate of drug-likeness (QED) is 0.304. The maximum Gasteiger partial charge on any atom is 0.117 e. The molecule has 0 rings (SSSR count). The Bertz CT molecular complexity index is 101. The molecule has 46 valence electrons. The van der Waals surface area contributed by atoms with Crippen molar-refractivity contribution in [2.45, 2.75) is 20.8 Å². The normalized spacial score (nSPS) is 9.38.